The standard InChI is InChI=1S/C32H34N2O5/c1-23-7-5-8-24(21-23)22-39-27-13-11-26(12-14-27)30(35)28-29(25-9-3-2-4-10-25)34(32(37)31(28)36)16-6-15-33-17-19-38-20-18-33/h2-5,7-14,21,29,35H,6,15-20,22H2,1H3/b30-28+/t29-/m1/s1. The van der Waals surface area contributed by atoms with E-state index in [1.807, 2.05) is 55.5 Å². The Morgan fingerprint density at radius 1 is 0.949 bits per heavy atom. The van der Waals surface area contributed by atoms with Gasteiger partial charge in [-0.1, -0.05) is 60.2 Å². The number of carbonyl (C=O) groups is 2. The van der Waals surface area contributed by atoms with Gasteiger partial charge in [-0.15, -0.1) is 0 Å². The third-order valence-electron chi connectivity index (χ3n) is 7.25. The van der Waals surface area contributed by atoms with E-state index in [1.165, 1.54) is 5.56 Å². The first-order valence-electron chi connectivity index (χ1n) is 13.4. The molecule has 0 unspecified atom stereocenters. The molecule has 2 heterocycles. The molecule has 7 heteroatoms. The number of carbonyl (C=O) groups excluding carboxylic acids is 2. The summed E-state index contributed by atoms with van der Waals surface area (Å²) in [6.45, 7) is 6.86. The molecule has 0 spiro atoms. The van der Waals surface area contributed by atoms with Gasteiger partial charge in [-0.05, 0) is 48.7 Å². The molecule has 1 N–H and O–H groups in total. The summed E-state index contributed by atoms with van der Waals surface area (Å²) in [4.78, 5) is 30.4. The van der Waals surface area contributed by atoms with Crippen molar-refractivity contribution in [3.05, 3.63) is 107 Å². The van der Waals surface area contributed by atoms with Crippen LogP contribution in [-0.2, 0) is 20.9 Å². The van der Waals surface area contributed by atoms with Crippen molar-refractivity contribution in [1.82, 2.24) is 9.80 Å². The van der Waals surface area contributed by atoms with Crippen molar-refractivity contribution in [2.24, 2.45) is 0 Å². The number of morpholine rings is 1. The van der Waals surface area contributed by atoms with Crippen LogP contribution in [0.25, 0.3) is 5.76 Å². The van der Waals surface area contributed by atoms with Crippen molar-refractivity contribution in [2.75, 3.05) is 39.4 Å². The number of aliphatic hydroxyl groups is 1. The molecule has 0 aromatic heterocycles. The predicted molar refractivity (Wildman–Crippen MR) is 149 cm³/mol. The fourth-order valence-corrected chi connectivity index (χ4v) is 5.22. The summed E-state index contributed by atoms with van der Waals surface area (Å²) in [5.41, 5.74) is 3.61. The summed E-state index contributed by atoms with van der Waals surface area (Å²) in [6, 6.07) is 23.9. The molecular weight excluding hydrogens is 492 g/mol. The minimum Gasteiger partial charge on any atom is -0.507 e. The predicted octanol–water partition coefficient (Wildman–Crippen LogP) is 4.72. The van der Waals surface area contributed by atoms with Crippen molar-refractivity contribution in [3.8, 4) is 5.75 Å². The van der Waals surface area contributed by atoms with Crippen LogP contribution >= 0.6 is 0 Å². The molecule has 0 saturated carbocycles. The third-order valence-corrected chi connectivity index (χ3v) is 7.25. The van der Waals surface area contributed by atoms with Gasteiger partial charge in [-0.25, -0.2) is 0 Å². The number of nitrogens with zero attached hydrogens (tertiary/aromatic N) is 2. The first-order valence-corrected chi connectivity index (χ1v) is 13.4. The molecule has 7 nitrogen and oxygen atoms in total. The first-order chi connectivity index (χ1) is 19.0. The van der Waals surface area contributed by atoms with Crippen molar-refractivity contribution in [3.63, 3.8) is 0 Å². The van der Waals surface area contributed by atoms with Crippen LogP contribution in [0.2, 0.25) is 0 Å². The highest BCUT2D eigenvalue weighted by molar-refractivity contribution is 6.46. The molecule has 0 bridgehead atoms. The van der Waals surface area contributed by atoms with Gasteiger partial charge < -0.3 is 19.5 Å². The lowest BCUT2D eigenvalue weighted by atomic mass is 9.95. The highest BCUT2D eigenvalue weighted by atomic mass is 16.5. The summed E-state index contributed by atoms with van der Waals surface area (Å²) in [5, 5.41) is 11.3. The van der Waals surface area contributed by atoms with E-state index in [4.69, 9.17) is 9.47 Å². The average Bonchev–Trinajstić information content (AvgIpc) is 3.22. The Labute approximate surface area is 229 Å². The lowest BCUT2D eigenvalue weighted by Gasteiger charge is -2.29. The van der Waals surface area contributed by atoms with E-state index in [-0.39, 0.29) is 11.3 Å². The Balaban J connectivity index is 1.36. The second-order valence-electron chi connectivity index (χ2n) is 10.0. The SMILES string of the molecule is Cc1cccc(COc2ccc(/C(O)=C3\C(=O)C(=O)N(CCCN4CCOCC4)[C@@H]3c3ccccc3)cc2)c1. The molecule has 1 atom stereocenters. The van der Waals surface area contributed by atoms with E-state index in [2.05, 4.69) is 11.0 Å². The van der Waals surface area contributed by atoms with E-state index in [1.54, 1.807) is 29.2 Å². The zero-order valence-corrected chi connectivity index (χ0v) is 22.2. The Hall–Kier alpha value is -3.94. The lowest BCUT2D eigenvalue weighted by Crippen LogP contribution is -2.38. The summed E-state index contributed by atoms with van der Waals surface area (Å²) in [6.07, 6.45) is 0.726. The maximum absolute atomic E-state index is 13.3. The number of hydrogen-bond donors (Lipinski definition) is 1. The van der Waals surface area contributed by atoms with Crippen LogP contribution in [0.5, 0.6) is 5.75 Å². The first kappa shape index (κ1) is 26.7. The van der Waals surface area contributed by atoms with Crippen molar-refractivity contribution in [2.45, 2.75) is 26.0 Å². The van der Waals surface area contributed by atoms with Crippen LogP contribution in [0.4, 0.5) is 0 Å². The summed E-state index contributed by atoms with van der Waals surface area (Å²) >= 11 is 0. The molecule has 5 rings (SSSR count). The number of aliphatic hydroxyl groups excluding tert-OH is 1. The maximum atomic E-state index is 13.3. The smallest absolute Gasteiger partial charge is 0.295 e. The molecule has 3 aromatic carbocycles. The largest absolute Gasteiger partial charge is 0.507 e. The number of hydrogen-bond acceptors (Lipinski definition) is 6. The van der Waals surface area contributed by atoms with Crippen LogP contribution < -0.4 is 4.74 Å². The molecule has 202 valence electrons. The Morgan fingerprint density at radius 3 is 2.41 bits per heavy atom. The highest BCUT2D eigenvalue weighted by Gasteiger charge is 2.45. The minimum atomic E-state index is -0.660. The Morgan fingerprint density at radius 2 is 1.69 bits per heavy atom. The monoisotopic (exact) mass is 526 g/mol. The number of ketones is 1. The quantitative estimate of drug-likeness (QED) is 0.247. The molecule has 2 aliphatic heterocycles. The topological polar surface area (TPSA) is 79.3 Å². The van der Waals surface area contributed by atoms with Crippen LogP contribution in [0.1, 0.15) is 34.7 Å². The van der Waals surface area contributed by atoms with E-state index in [0.717, 1.165) is 37.2 Å². The fraction of sp³-hybridized carbons (Fsp3) is 0.312. The van der Waals surface area contributed by atoms with Gasteiger partial charge in [-0.3, -0.25) is 14.5 Å². The number of ether oxygens (including phenoxy) is 2. The maximum Gasteiger partial charge on any atom is 0.295 e. The number of rotatable bonds is 9. The van der Waals surface area contributed by atoms with E-state index >= 15 is 0 Å². The van der Waals surface area contributed by atoms with E-state index < -0.39 is 17.7 Å². The summed E-state index contributed by atoms with van der Waals surface area (Å²) in [7, 11) is 0. The van der Waals surface area contributed by atoms with Gasteiger partial charge in [0.1, 0.15) is 18.1 Å². The normalized spacial score (nSPS) is 19.4. The Bertz CT molecular complexity index is 1330. The molecule has 0 radical (unpaired) electrons. The number of aryl methyl sites for hydroxylation is 1. The zero-order valence-electron chi connectivity index (χ0n) is 22.2. The average molecular weight is 527 g/mol. The number of amides is 1. The molecule has 2 aliphatic rings. The number of Topliss-reactive ketones (excluding diaryl/α,β-unsaturated/α-hetero) is 1. The van der Waals surface area contributed by atoms with Gasteiger partial charge in [0, 0.05) is 31.7 Å². The number of likely N-dealkylation sites (tertiary alicyclic amines) is 1. The molecule has 39 heavy (non-hydrogen) atoms. The molecule has 2 fully saturated rings. The van der Waals surface area contributed by atoms with E-state index in [0.29, 0.717) is 37.7 Å². The van der Waals surface area contributed by atoms with Gasteiger partial charge in [0.15, 0.2) is 0 Å². The van der Waals surface area contributed by atoms with Crippen LogP contribution in [0, 0.1) is 6.92 Å². The summed E-state index contributed by atoms with van der Waals surface area (Å²) < 4.78 is 11.3. The van der Waals surface area contributed by atoms with Gasteiger partial charge in [0.05, 0.1) is 24.8 Å². The molecule has 3 aromatic rings. The molecule has 1 amide bonds. The second-order valence-corrected chi connectivity index (χ2v) is 10.0. The van der Waals surface area contributed by atoms with Crippen molar-refractivity contribution >= 4 is 17.4 Å². The van der Waals surface area contributed by atoms with Crippen LogP contribution in [0.15, 0.2) is 84.4 Å². The second kappa shape index (κ2) is 12.3. The van der Waals surface area contributed by atoms with Crippen molar-refractivity contribution in [1.29, 1.82) is 0 Å². The van der Waals surface area contributed by atoms with Crippen LogP contribution in [-0.4, -0.2) is 66.0 Å². The van der Waals surface area contributed by atoms with Crippen molar-refractivity contribution < 1.29 is 24.2 Å². The summed E-state index contributed by atoms with van der Waals surface area (Å²) in [5.74, 6) is -0.766. The fourth-order valence-electron chi connectivity index (χ4n) is 5.22. The Kier molecular flexibility index (Phi) is 8.39. The highest BCUT2D eigenvalue weighted by Crippen LogP contribution is 2.39. The van der Waals surface area contributed by atoms with Gasteiger partial charge in [0.25, 0.3) is 11.7 Å². The number of benzene rings is 3. The molecule has 0 aliphatic carbocycles. The van der Waals surface area contributed by atoms with Gasteiger partial charge >= 0.3 is 0 Å². The van der Waals surface area contributed by atoms with E-state index in [9.17, 15) is 14.7 Å². The van der Waals surface area contributed by atoms with Gasteiger partial charge in [0.2, 0.25) is 0 Å². The van der Waals surface area contributed by atoms with Crippen LogP contribution in [0.3, 0.4) is 0 Å². The third kappa shape index (κ3) is 6.21. The molecular formula is C32H34N2O5. The molecule has 2 saturated heterocycles. The minimum absolute atomic E-state index is 0.117. The van der Waals surface area contributed by atoms with Gasteiger partial charge in [-0.2, -0.15) is 0 Å². The lowest BCUT2D eigenvalue weighted by molar-refractivity contribution is -0.140. The zero-order chi connectivity index (χ0) is 27.2.